The zero-order valence-electron chi connectivity index (χ0n) is 8.10. The molecule has 82 valence electrons. The Kier molecular flexibility index (Phi) is 3.65. The maximum atomic E-state index is 11.1. The SMILES string of the molecule is CC(=O)N(C)C(C(=O)O)c1ncc(Cl)s1. The van der Waals surface area contributed by atoms with Crippen molar-refractivity contribution in [3.8, 4) is 0 Å². The molecule has 15 heavy (non-hydrogen) atoms. The standard InChI is InChI=1S/C8H9ClN2O3S/c1-4(12)11(2)6(8(13)14)7-10-3-5(9)15-7/h3,6H,1-2H3,(H,13,14). The van der Waals surface area contributed by atoms with Gasteiger partial charge in [0.15, 0.2) is 6.04 Å². The van der Waals surface area contributed by atoms with Gasteiger partial charge in [0, 0.05) is 14.0 Å². The van der Waals surface area contributed by atoms with Crippen LogP contribution in [0.3, 0.4) is 0 Å². The molecule has 1 amide bonds. The van der Waals surface area contributed by atoms with Crippen molar-refractivity contribution in [3.63, 3.8) is 0 Å². The third-order valence-electron chi connectivity index (χ3n) is 1.85. The number of rotatable bonds is 3. The predicted molar refractivity (Wildman–Crippen MR) is 55.9 cm³/mol. The Hall–Kier alpha value is -1.14. The predicted octanol–water partition coefficient (Wildman–Crippen LogP) is 1.40. The van der Waals surface area contributed by atoms with Gasteiger partial charge in [0.05, 0.1) is 6.20 Å². The first-order valence-corrected chi connectivity index (χ1v) is 5.20. The fourth-order valence-corrected chi connectivity index (χ4v) is 2.08. The lowest BCUT2D eigenvalue weighted by Gasteiger charge is -2.21. The van der Waals surface area contributed by atoms with Gasteiger partial charge in [-0.05, 0) is 0 Å². The maximum absolute atomic E-state index is 11.1. The van der Waals surface area contributed by atoms with Crippen LogP contribution in [0, 0.1) is 0 Å². The number of carboxylic acid groups (broad SMARTS) is 1. The van der Waals surface area contributed by atoms with Gasteiger partial charge in [0.25, 0.3) is 0 Å². The van der Waals surface area contributed by atoms with E-state index < -0.39 is 12.0 Å². The Labute approximate surface area is 95.3 Å². The highest BCUT2D eigenvalue weighted by Gasteiger charge is 2.29. The van der Waals surface area contributed by atoms with Crippen LogP contribution >= 0.6 is 22.9 Å². The second kappa shape index (κ2) is 4.59. The topological polar surface area (TPSA) is 70.5 Å². The molecule has 0 saturated heterocycles. The van der Waals surface area contributed by atoms with E-state index in [1.807, 2.05) is 0 Å². The number of halogens is 1. The molecule has 1 aromatic heterocycles. The van der Waals surface area contributed by atoms with Gasteiger partial charge in [0.2, 0.25) is 5.91 Å². The van der Waals surface area contributed by atoms with Crippen molar-refractivity contribution in [2.24, 2.45) is 0 Å². The molecule has 0 aliphatic carbocycles. The van der Waals surface area contributed by atoms with E-state index in [4.69, 9.17) is 16.7 Å². The molecular weight excluding hydrogens is 240 g/mol. The van der Waals surface area contributed by atoms with Crippen LogP contribution in [0.1, 0.15) is 18.0 Å². The first kappa shape index (κ1) is 11.9. The van der Waals surface area contributed by atoms with Crippen molar-refractivity contribution < 1.29 is 14.7 Å². The number of aliphatic carboxylic acids is 1. The Morgan fingerprint density at radius 3 is 2.60 bits per heavy atom. The van der Waals surface area contributed by atoms with Crippen molar-refractivity contribution in [1.82, 2.24) is 9.88 Å². The lowest BCUT2D eigenvalue weighted by Crippen LogP contribution is -2.34. The minimum atomic E-state index is -1.13. The summed E-state index contributed by atoms with van der Waals surface area (Å²) in [4.78, 5) is 27.0. The van der Waals surface area contributed by atoms with E-state index >= 15 is 0 Å². The Morgan fingerprint density at radius 1 is 1.67 bits per heavy atom. The summed E-state index contributed by atoms with van der Waals surface area (Å²) in [6.07, 6.45) is 1.37. The summed E-state index contributed by atoms with van der Waals surface area (Å²) in [5, 5.41) is 9.28. The lowest BCUT2D eigenvalue weighted by molar-refractivity contribution is -0.148. The van der Waals surface area contributed by atoms with E-state index in [1.54, 1.807) is 0 Å². The molecule has 1 rings (SSSR count). The molecule has 0 saturated carbocycles. The van der Waals surface area contributed by atoms with Crippen LogP contribution in [0.4, 0.5) is 0 Å². The first-order chi connectivity index (χ1) is 6.93. The zero-order chi connectivity index (χ0) is 11.6. The van der Waals surface area contributed by atoms with Gasteiger partial charge < -0.3 is 10.0 Å². The molecule has 0 aliphatic rings. The van der Waals surface area contributed by atoms with E-state index in [9.17, 15) is 9.59 Å². The molecule has 7 heteroatoms. The van der Waals surface area contributed by atoms with Gasteiger partial charge in [0.1, 0.15) is 9.34 Å². The molecule has 0 fully saturated rings. The number of thiazole rings is 1. The molecule has 0 spiro atoms. The Morgan fingerprint density at radius 2 is 2.27 bits per heavy atom. The number of aromatic nitrogens is 1. The van der Waals surface area contributed by atoms with Crippen LogP contribution in [0.5, 0.6) is 0 Å². The van der Waals surface area contributed by atoms with E-state index in [1.165, 1.54) is 20.2 Å². The van der Waals surface area contributed by atoms with Gasteiger partial charge in [-0.3, -0.25) is 4.79 Å². The Balaban J connectivity index is 3.03. The molecule has 5 nitrogen and oxygen atoms in total. The number of amides is 1. The summed E-state index contributed by atoms with van der Waals surface area (Å²) in [6, 6.07) is -1.07. The fraction of sp³-hybridized carbons (Fsp3) is 0.375. The highest BCUT2D eigenvalue weighted by Crippen LogP contribution is 2.27. The molecule has 1 aromatic rings. The monoisotopic (exact) mass is 248 g/mol. The highest BCUT2D eigenvalue weighted by molar-refractivity contribution is 7.16. The Bertz CT molecular complexity index is 393. The zero-order valence-corrected chi connectivity index (χ0v) is 9.67. The second-order valence-corrected chi connectivity index (χ2v) is 4.57. The molecule has 1 N–H and O–H groups in total. The average Bonchev–Trinajstić information content (AvgIpc) is 2.51. The second-order valence-electron chi connectivity index (χ2n) is 2.87. The van der Waals surface area contributed by atoms with Crippen LogP contribution in [-0.4, -0.2) is 33.9 Å². The number of hydrogen-bond donors (Lipinski definition) is 1. The van der Waals surface area contributed by atoms with E-state index in [0.717, 1.165) is 16.2 Å². The van der Waals surface area contributed by atoms with E-state index in [0.29, 0.717) is 9.34 Å². The average molecular weight is 249 g/mol. The number of nitrogens with zero attached hydrogens (tertiary/aromatic N) is 2. The number of carbonyl (C=O) groups excluding carboxylic acids is 1. The minimum absolute atomic E-state index is 0.296. The van der Waals surface area contributed by atoms with Crippen molar-refractivity contribution in [2.75, 3.05) is 7.05 Å². The molecule has 0 aliphatic heterocycles. The van der Waals surface area contributed by atoms with Crippen molar-refractivity contribution in [1.29, 1.82) is 0 Å². The largest absolute Gasteiger partial charge is 0.479 e. The number of hydrogen-bond acceptors (Lipinski definition) is 4. The number of carboxylic acids is 1. The summed E-state index contributed by atoms with van der Waals surface area (Å²) < 4.78 is 0.396. The van der Waals surface area contributed by atoms with E-state index in [2.05, 4.69) is 4.98 Å². The van der Waals surface area contributed by atoms with Gasteiger partial charge >= 0.3 is 5.97 Å². The lowest BCUT2D eigenvalue weighted by atomic mass is 10.3. The van der Waals surface area contributed by atoms with Crippen LogP contribution < -0.4 is 0 Å². The molecule has 0 aromatic carbocycles. The minimum Gasteiger partial charge on any atom is -0.479 e. The fourth-order valence-electron chi connectivity index (χ4n) is 1.01. The highest BCUT2D eigenvalue weighted by atomic mass is 35.5. The normalized spacial score (nSPS) is 12.2. The van der Waals surface area contributed by atoms with Crippen molar-refractivity contribution in [2.45, 2.75) is 13.0 Å². The number of likely N-dealkylation sites (N-methyl/N-ethyl adjacent to an activating group) is 1. The maximum Gasteiger partial charge on any atom is 0.333 e. The smallest absolute Gasteiger partial charge is 0.333 e. The van der Waals surface area contributed by atoms with Crippen LogP contribution in [0.25, 0.3) is 0 Å². The number of carbonyl (C=O) groups is 2. The van der Waals surface area contributed by atoms with Gasteiger partial charge in [-0.25, -0.2) is 9.78 Å². The van der Waals surface area contributed by atoms with Gasteiger partial charge in [-0.1, -0.05) is 11.6 Å². The van der Waals surface area contributed by atoms with Crippen LogP contribution in [-0.2, 0) is 9.59 Å². The van der Waals surface area contributed by atoms with E-state index in [-0.39, 0.29) is 5.91 Å². The summed E-state index contributed by atoms with van der Waals surface area (Å²) in [5.74, 6) is -1.47. The summed E-state index contributed by atoms with van der Waals surface area (Å²) >= 11 is 6.70. The molecular formula is C8H9ClN2O3S. The van der Waals surface area contributed by atoms with Gasteiger partial charge in [-0.2, -0.15) is 0 Å². The van der Waals surface area contributed by atoms with Crippen LogP contribution in [0.15, 0.2) is 6.20 Å². The summed E-state index contributed by atoms with van der Waals surface area (Å²) in [6.45, 7) is 1.30. The van der Waals surface area contributed by atoms with Crippen molar-refractivity contribution in [3.05, 3.63) is 15.5 Å². The van der Waals surface area contributed by atoms with Gasteiger partial charge in [-0.15, -0.1) is 11.3 Å². The molecule has 1 unspecified atom stereocenters. The van der Waals surface area contributed by atoms with Crippen LogP contribution in [0.2, 0.25) is 4.34 Å². The quantitative estimate of drug-likeness (QED) is 0.878. The first-order valence-electron chi connectivity index (χ1n) is 4.01. The molecule has 1 heterocycles. The summed E-state index contributed by atoms with van der Waals surface area (Å²) in [5.41, 5.74) is 0. The third-order valence-corrected chi connectivity index (χ3v) is 3.01. The molecule has 0 bridgehead atoms. The molecule has 1 atom stereocenters. The summed E-state index contributed by atoms with van der Waals surface area (Å²) in [7, 11) is 1.41. The third kappa shape index (κ3) is 2.66. The molecule has 0 radical (unpaired) electrons. The van der Waals surface area contributed by atoms with Crippen molar-refractivity contribution >= 4 is 34.8 Å².